The van der Waals surface area contributed by atoms with E-state index >= 15 is 0 Å². The van der Waals surface area contributed by atoms with Gasteiger partial charge in [-0.1, -0.05) is 49.2 Å². The van der Waals surface area contributed by atoms with Crippen molar-refractivity contribution in [3.8, 4) is 0 Å². The summed E-state index contributed by atoms with van der Waals surface area (Å²) in [6.07, 6.45) is 0. The first-order valence-corrected chi connectivity index (χ1v) is 10.7. The minimum atomic E-state index is -3.90. The number of hydrogen-bond donors (Lipinski definition) is 3. The number of hydrogen-bond acceptors (Lipinski definition) is 4. The van der Waals surface area contributed by atoms with Crippen LogP contribution in [0.15, 0.2) is 41.3 Å². The first-order valence-electron chi connectivity index (χ1n) is 8.42. The van der Waals surface area contributed by atoms with Crippen LogP contribution in [0.1, 0.15) is 24.2 Å². The Bertz CT molecular complexity index is 1110. The lowest BCUT2D eigenvalue weighted by Crippen LogP contribution is -2.28. The predicted octanol–water partition coefficient (Wildman–Crippen LogP) is 4.06. The van der Waals surface area contributed by atoms with Crippen LogP contribution in [-0.2, 0) is 10.0 Å². The van der Waals surface area contributed by atoms with Crippen molar-refractivity contribution < 1.29 is 13.2 Å². The number of H-pyrrole nitrogens is 1. The molecular formula is C18H18Cl2N4O3S. The molecule has 3 aromatic rings. The highest BCUT2D eigenvalue weighted by atomic mass is 35.5. The van der Waals surface area contributed by atoms with Gasteiger partial charge < -0.3 is 4.98 Å². The molecule has 7 nitrogen and oxygen atoms in total. The van der Waals surface area contributed by atoms with Gasteiger partial charge in [0.25, 0.3) is 5.91 Å². The quantitative estimate of drug-likeness (QED) is 0.537. The van der Waals surface area contributed by atoms with E-state index in [-0.39, 0.29) is 38.9 Å². The van der Waals surface area contributed by atoms with E-state index in [2.05, 4.69) is 20.0 Å². The number of imidazole rings is 1. The maximum Gasteiger partial charge on any atom is 0.259 e. The lowest BCUT2D eigenvalue weighted by molar-refractivity contribution is 0.102. The van der Waals surface area contributed by atoms with E-state index in [0.29, 0.717) is 5.52 Å². The fourth-order valence-electron chi connectivity index (χ4n) is 2.45. The number of aromatic nitrogens is 2. The molecule has 0 spiro atoms. The number of anilines is 1. The van der Waals surface area contributed by atoms with Crippen molar-refractivity contribution in [3.63, 3.8) is 0 Å². The summed E-state index contributed by atoms with van der Waals surface area (Å²) in [7, 11) is -3.90. The number of amides is 1. The van der Waals surface area contributed by atoms with Gasteiger partial charge in [-0.2, -0.15) is 0 Å². The van der Waals surface area contributed by atoms with Gasteiger partial charge in [0.05, 0.1) is 26.6 Å². The minimum absolute atomic E-state index is 0.0291. The average molecular weight is 441 g/mol. The van der Waals surface area contributed by atoms with Crippen LogP contribution in [0.2, 0.25) is 10.0 Å². The van der Waals surface area contributed by atoms with Gasteiger partial charge in [0.2, 0.25) is 16.0 Å². The van der Waals surface area contributed by atoms with Gasteiger partial charge in [-0.25, -0.2) is 18.1 Å². The highest BCUT2D eigenvalue weighted by Crippen LogP contribution is 2.29. The van der Waals surface area contributed by atoms with Crippen LogP contribution in [0.3, 0.4) is 0 Å². The molecule has 1 heterocycles. The maximum absolute atomic E-state index is 12.7. The second-order valence-electron chi connectivity index (χ2n) is 6.56. The Morgan fingerprint density at radius 3 is 2.57 bits per heavy atom. The third-order valence-electron chi connectivity index (χ3n) is 3.86. The minimum Gasteiger partial charge on any atom is -0.324 e. The fraction of sp³-hybridized carbons (Fsp3) is 0.222. The molecule has 3 N–H and O–H groups in total. The molecule has 1 amide bonds. The second kappa shape index (κ2) is 8.08. The summed E-state index contributed by atoms with van der Waals surface area (Å²) in [4.78, 5) is 19.7. The van der Waals surface area contributed by atoms with Crippen molar-refractivity contribution in [2.24, 2.45) is 5.92 Å². The molecule has 28 heavy (non-hydrogen) atoms. The summed E-state index contributed by atoms with van der Waals surface area (Å²) in [6, 6.07) is 9.67. The molecule has 0 unspecified atom stereocenters. The summed E-state index contributed by atoms with van der Waals surface area (Å²) in [5.41, 5.74) is 1.40. The number of fused-ring (bicyclic) bond motifs is 1. The fourth-order valence-corrected chi connectivity index (χ4v) is 4.52. The zero-order valence-electron chi connectivity index (χ0n) is 15.1. The van der Waals surface area contributed by atoms with Gasteiger partial charge in [-0.05, 0) is 30.2 Å². The maximum atomic E-state index is 12.7. The number of halogens is 2. The standard InChI is InChI=1S/C18H18Cl2N4O3S/c1-10(2)9-21-28(26,27)16-7-11(12(19)8-13(16)20)17(25)24-18-22-14-5-3-4-6-15(14)23-18/h3-8,10,21H,9H2,1-2H3,(H2,22,23,24,25). The summed E-state index contributed by atoms with van der Waals surface area (Å²) in [5, 5.41) is 2.55. The Hall–Kier alpha value is -2.13. The van der Waals surface area contributed by atoms with Crippen molar-refractivity contribution in [2.45, 2.75) is 18.7 Å². The van der Waals surface area contributed by atoms with E-state index in [9.17, 15) is 13.2 Å². The molecular weight excluding hydrogens is 423 g/mol. The molecule has 0 fully saturated rings. The van der Waals surface area contributed by atoms with Crippen molar-refractivity contribution in [1.82, 2.24) is 14.7 Å². The highest BCUT2D eigenvalue weighted by Gasteiger charge is 2.23. The predicted molar refractivity (Wildman–Crippen MR) is 111 cm³/mol. The first kappa shape index (κ1) is 20.6. The summed E-state index contributed by atoms with van der Waals surface area (Å²) in [6.45, 7) is 3.98. The van der Waals surface area contributed by atoms with E-state index in [1.165, 1.54) is 6.07 Å². The third-order valence-corrected chi connectivity index (χ3v) is 6.06. The first-order chi connectivity index (χ1) is 13.2. The number of carbonyl (C=O) groups is 1. The zero-order chi connectivity index (χ0) is 20.5. The van der Waals surface area contributed by atoms with Crippen LogP contribution < -0.4 is 10.0 Å². The number of nitrogens with zero attached hydrogens (tertiary/aromatic N) is 1. The van der Waals surface area contributed by atoms with Gasteiger partial charge in [0, 0.05) is 6.54 Å². The highest BCUT2D eigenvalue weighted by molar-refractivity contribution is 7.89. The lowest BCUT2D eigenvalue weighted by Gasteiger charge is -2.12. The number of benzene rings is 2. The molecule has 0 bridgehead atoms. The van der Waals surface area contributed by atoms with E-state index in [1.54, 1.807) is 6.07 Å². The van der Waals surface area contributed by atoms with E-state index in [4.69, 9.17) is 23.2 Å². The lowest BCUT2D eigenvalue weighted by atomic mass is 10.2. The third kappa shape index (κ3) is 4.47. The second-order valence-corrected chi connectivity index (χ2v) is 9.11. The number of para-hydroxylation sites is 2. The molecule has 1 aromatic heterocycles. The van der Waals surface area contributed by atoms with Crippen LogP contribution in [0.4, 0.5) is 5.95 Å². The van der Waals surface area contributed by atoms with Gasteiger partial charge in [0.15, 0.2) is 0 Å². The number of nitrogens with one attached hydrogen (secondary N) is 3. The molecule has 0 aliphatic carbocycles. The summed E-state index contributed by atoms with van der Waals surface area (Å²) < 4.78 is 27.5. The number of carbonyl (C=O) groups excluding carboxylic acids is 1. The van der Waals surface area contributed by atoms with E-state index in [1.807, 2.05) is 32.0 Å². The van der Waals surface area contributed by atoms with Gasteiger partial charge in [0.1, 0.15) is 4.90 Å². The zero-order valence-corrected chi connectivity index (χ0v) is 17.4. The van der Waals surface area contributed by atoms with Crippen molar-refractivity contribution >= 4 is 56.1 Å². The van der Waals surface area contributed by atoms with Crippen LogP contribution in [-0.4, -0.2) is 30.8 Å². The smallest absolute Gasteiger partial charge is 0.259 e. The molecule has 2 aromatic carbocycles. The Morgan fingerprint density at radius 2 is 1.89 bits per heavy atom. The molecule has 10 heteroatoms. The van der Waals surface area contributed by atoms with Crippen LogP contribution in [0.25, 0.3) is 11.0 Å². The molecule has 0 radical (unpaired) electrons. The molecule has 148 valence electrons. The number of aromatic amines is 1. The normalized spacial score (nSPS) is 11.9. The van der Waals surface area contributed by atoms with Crippen LogP contribution in [0.5, 0.6) is 0 Å². The SMILES string of the molecule is CC(C)CNS(=O)(=O)c1cc(C(=O)Nc2nc3ccccc3[nH]2)c(Cl)cc1Cl. The van der Waals surface area contributed by atoms with Crippen LogP contribution in [0, 0.1) is 5.92 Å². The summed E-state index contributed by atoms with van der Waals surface area (Å²) >= 11 is 12.2. The van der Waals surface area contributed by atoms with Crippen molar-refractivity contribution in [3.05, 3.63) is 52.0 Å². The molecule has 0 atom stereocenters. The van der Waals surface area contributed by atoms with Crippen molar-refractivity contribution in [2.75, 3.05) is 11.9 Å². The Labute approximate surface area is 172 Å². The van der Waals surface area contributed by atoms with E-state index < -0.39 is 15.9 Å². The summed E-state index contributed by atoms with van der Waals surface area (Å²) in [5.74, 6) is -0.280. The van der Waals surface area contributed by atoms with Gasteiger partial charge in [-0.3, -0.25) is 10.1 Å². The van der Waals surface area contributed by atoms with Gasteiger partial charge in [-0.15, -0.1) is 0 Å². The molecule has 0 aliphatic heterocycles. The average Bonchev–Trinajstić information content (AvgIpc) is 3.02. The molecule has 0 saturated carbocycles. The molecule has 3 rings (SSSR count). The van der Waals surface area contributed by atoms with Crippen LogP contribution >= 0.6 is 23.2 Å². The van der Waals surface area contributed by atoms with E-state index in [0.717, 1.165) is 11.6 Å². The molecule has 0 saturated heterocycles. The topological polar surface area (TPSA) is 104 Å². The largest absolute Gasteiger partial charge is 0.324 e. The number of sulfonamides is 1. The Kier molecular flexibility index (Phi) is 5.95. The number of rotatable bonds is 6. The Balaban J connectivity index is 1.91. The van der Waals surface area contributed by atoms with Crippen molar-refractivity contribution in [1.29, 1.82) is 0 Å². The Morgan fingerprint density at radius 1 is 1.18 bits per heavy atom. The molecule has 0 aliphatic rings. The van der Waals surface area contributed by atoms with Gasteiger partial charge >= 0.3 is 0 Å². The monoisotopic (exact) mass is 440 g/mol.